The Morgan fingerprint density at radius 3 is 2.64 bits per heavy atom. The fourth-order valence-corrected chi connectivity index (χ4v) is 3.62. The molecule has 0 spiro atoms. The van der Waals surface area contributed by atoms with E-state index >= 15 is 0 Å². The first kappa shape index (κ1) is 25.1. The number of ether oxygens (including phenoxy) is 1. The maximum Gasteiger partial charge on any atom is 0.226 e. The first-order valence-electron chi connectivity index (χ1n) is 10.4. The summed E-state index contributed by atoms with van der Waals surface area (Å²) >= 11 is 0. The van der Waals surface area contributed by atoms with Gasteiger partial charge >= 0.3 is 0 Å². The van der Waals surface area contributed by atoms with Gasteiger partial charge in [-0.3, -0.25) is 4.99 Å². The second-order valence-corrected chi connectivity index (χ2v) is 7.81. The van der Waals surface area contributed by atoms with Gasteiger partial charge in [0.2, 0.25) is 5.89 Å². The zero-order valence-electron chi connectivity index (χ0n) is 17.9. The third kappa shape index (κ3) is 8.23. The lowest BCUT2D eigenvalue weighted by Crippen LogP contribution is -2.43. The van der Waals surface area contributed by atoms with Gasteiger partial charge in [-0.2, -0.15) is 4.98 Å². The van der Waals surface area contributed by atoms with E-state index < -0.39 is 0 Å². The number of guanidine groups is 1. The third-order valence-corrected chi connectivity index (χ3v) is 5.36. The van der Waals surface area contributed by atoms with Crippen LogP contribution in [0.3, 0.4) is 0 Å². The van der Waals surface area contributed by atoms with Crippen LogP contribution in [0, 0.1) is 5.41 Å². The molecule has 162 valence electrons. The van der Waals surface area contributed by atoms with Gasteiger partial charge in [-0.1, -0.05) is 31.8 Å². The summed E-state index contributed by atoms with van der Waals surface area (Å²) in [5.41, 5.74) is 0.351. The molecule has 2 N–H and O–H groups in total. The first-order valence-corrected chi connectivity index (χ1v) is 10.4. The summed E-state index contributed by atoms with van der Waals surface area (Å²) in [7, 11) is 1.82. The Morgan fingerprint density at radius 2 is 2.04 bits per heavy atom. The molecule has 0 atom stereocenters. The number of hydrogen-bond acceptors (Lipinski definition) is 5. The van der Waals surface area contributed by atoms with E-state index in [1.807, 2.05) is 7.05 Å². The van der Waals surface area contributed by atoms with E-state index in [1.54, 1.807) is 0 Å². The van der Waals surface area contributed by atoms with Crippen molar-refractivity contribution in [1.29, 1.82) is 0 Å². The van der Waals surface area contributed by atoms with E-state index in [-0.39, 0.29) is 24.0 Å². The third-order valence-electron chi connectivity index (χ3n) is 5.36. The molecule has 1 aliphatic carbocycles. The van der Waals surface area contributed by atoms with E-state index in [4.69, 9.17) is 9.26 Å². The number of nitrogens with one attached hydrogen (secondary N) is 2. The van der Waals surface area contributed by atoms with Crippen LogP contribution in [-0.4, -0.2) is 49.5 Å². The average molecular weight is 507 g/mol. The molecule has 0 unspecified atom stereocenters. The van der Waals surface area contributed by atoms with Crippen molar-refractivity contribution in [2.45, 2.75) is 71.6 Å². The smallest absolute Gasteiger partial charge is 0.226 e. The molecule has 1 aromatic rings. The number of halogens is 1. The van der Waals surface area contributed by atoms with E-state index in [9.17, 15) is 0 Å². The molecule has 0 saturated heterocycles. The maximum absolute atomic E-state index is 5.60. The highest BCUT2D eigenvalue weighted by Gasteiger charge is 2.33. The summed E-state index contributed by atoms with van der Waals surface area (Å²) in [5.74, 6) is 2.66. The van der Waals surface area contributed by atoms with Gasteiger partial charge in [0.05, 0.1) is 0 Å². The summed E-state index contributed by atoms with van der Waals surface area (Å²) in [6, 6.07) is 0. The molecule has 1 fully saturated rings. The molecule has 0 aliphatic heterocycles. The molecule has 0 bridgehead atoms. The standard InChI is InChI=1S/C20H37N5O2.HI/c1-5-26-14-12-20(10-6-7-11-20)15-23-19(21-4)22-13-8-9-17-24-18(16(2)3)25-27-17;/h16H,5-15H2,1-4H3,(H2,21,22,23);1H. The second kappa shape index (κ2) is 13.3. The van der Waals surface area contributed by atoms with Crippen molar-refractivity contribution < 1.29 is 9.26 Å². The fourth-order valence-electron chi connectivity index (χ4n) is 3.62. The SMILES string of the molecule is CCOCCC1(CNC(=NC)NCCCc2nc(C(C)C)no2)CCCC1.I. The van der Waals surface area contributed by atoms with Crippen LogP contribution in [0.2, 0.25) is 0 Å². The van der Waals surface area contributed by atoms with Gasteiger partial charge in [-0.25, -0.2) is 0 Å². The van der Waals surface area contributed by atoms with Crippen molar-refractivity contribution in [3.05, 3.63) is 11.7 Å². The number of nitrogens with zero attached hydrogens (tertiary/aromatic N) is 3. The Bertz CT molecular complexity index is 571. The van der Waals surface area contributed by atoms with Crippen LogP contribution in [0.1, 0.15) is 76.9 Å². The van der Waals surface area contributed by atoms with Crippen molar-refractivity contribution in [2.24, 2.45) is 10.4 Å². The molecule has 1 aliphatic rings. The lowest BCUT2D eigenvalue weighted by molar-refractivity contribution is 0.105. The lowest BCUT2D eigenvalue weighted by Gasteiger charge is -2.30. The lowest BCUT2D eigenvalue weighted by atomic mass is 9.83. The summed E-state index contributed by atoms with van der Waals surface area (Å²) in [4.78, 5) is 8.78. The number of aromatic nitrogens is 2. The molecule has 1 aromatic heterocycles. The molecule has 2 rings (SSSR count). The highest BCUT2D eigenvalue weighted by Crippen LogP contribution is 2.40. The molecule has 0 radical (unpaired) electrons. The van der Waals surface area contributed by atoms with E-state index in [0.717, 1.165) is 57.3 Å². The summed E-state index contributed by atoms with van der Waals surface area (Å²) in [6.07, 6.45) is 8.03. The molecule has 8 heteroatoms. The van der Waals surface area contributed by atoms with Gasteiger partial charge in [0.1, 0.15) is 0 Å². The molecule has 0 aromatic carbocycles. The molecular weight excluding hydrogens is 469 g/mol. The van der Waals surface area contributed by atoms with Crippen LogP contribution >= 0.6 is 24.0 Å². The first-order chi connectivity index (χ1) is 13.1. The van der Waals surface area contributed by atoms with Gasteiger partial charge in [-0.15, -0.1) is 24.0 Å². The monoisotopic (exact) mass is 507 g/mol. The minimum atomic E-state index is 0. The minimum absolute atomic E-state index is 0. The largest absolute Gasteiger partial charge is 0.382 e. The van der Waals surface area contributed by atoms with Gasteiger partial charge in [0.15, 0.2) is 11.8 Å². The average Bonchev–Trinajstić information content (AvgIpc) is 3.32. The molecule has 28 heavy (non-hydrogen) atoms. The Morgan fingerprint density at radius 1 is 1.29 bits per heavy atom. The van der Waals surface area contributed by atoms with Crippen molar-refractivity contribution in [3.63, 3.8) is 0 Å². The molecule has 7 nitrogen and oxygen atoms in total. The van der Waals surface area contributed by atoms with Gasteiger partial charge in [0.25, 0.3) is 0 Å². The highest BCUT2D eigenvalue weighted by molar-refractivity contribution is 14.0. The van der Waals surface area contributed by atoms with Crippen molar-refractivity contribution in [2.75, 3.05) is 33.4 Å². The van der Waals surface area contributed by atoms with Crippen LogP contribution < -0.4 is 10.6 Å². The second-order valence-electron chi connectivity index (χ2n) is 7.81. The number of hydrogen-bond donors (Lipinski definition) is 2. The Balaban J connectivity index is 0.00000392. The van der Waals surface area contributed by atoms with E-state index in [0.29, 0.717) is 17.2 Å². The van der Waals surface area contributed by atoms with Gasteiger partial charge in [0, 0.05) is 45.7 Å². The number of rotatable bonds is 11. The Hall–Kier alpha value is -0.900. The maximum atomic E-state index is 5.60. The molecule has 1 saturated carbocycles. The van der Waals surface area contributed by atoms with Crippen molar-refractivity contribution in [3.8, 4) is 0 Å². The summed E-state index contributed by atoms with van der Waals surface area (Å²) in [5, 5.41) is 10.9. The van der Waals surface area contributed by atoms with Crippen LogP contribution in [-0.2, 0) is 11.2 Å². The van der Waals surface area contributed by atoms with Crippen LogP contribution in [0.15, 0.2) is 9.52 Å². The molecule has 1 heterocycles. The van der Waals surface area contributed by atoms with Crippen molar-refractivity contribution >= 4 is 29.9 Å². The quantitative estimate of drug-likeness (QED) is 0.205. The summed E-state index contributed by atoms with van der Waals surface area (Å²) in [6.45, 7) is 9.63. The van der Waals surface area contributed by atoms with Gasteiger partial charge in [-0.05, 0) is 38.0 Å². The summed E-state index contributed by atoms with van der Waals surface area (Å²) < 4.78 is 10.9. The van der Waals surface area contributed by atoms with Crippen LogP contribution in [0.5, 0.6) is 0 Å². The van der Waals surface area contributed by atoms with Crippen molar-refractivity contribution in [1.82, 2.24) is 20.8 Å². The predicted molar refractivity (Wildman–Crippen MR) is 123 cm³/mol. The predicted octanol–water partition coefficient (Wildman–Crippen LogP) is 3.90. The fraction of sp³-hybridized carbons (Fsp3) is 0.850. The van der Waals surface area contributed by atoms with E-state index in [2.05, 4.69) is 46.5 Å². The zero-order chi connectivity index (χ0) is 19.5. The molecular formula is C20H38IN5O2. The normalized spacial score (nSPS) is 16.2. The van der Waals surface area contributed by atoms with Crippen LogP contribution in [0.4, 0.5) is 0 Å². The van der Waals surface area contributed by atoms with Gasteiger partial charge < -0.3 is 19.9 Å². The van der Waals surface area contributed by atoms with E-state index in [1.165, 1.54) is 25.7 Å². The Kier molecular flexibility index (Phi) is 12.0. The number of aryl methyl sites for hydroxylation is 1. The highest BCUT2D eigenvalue weighted by atomic mass is 127. The number of aliphatic imine (C=N–C) groups is 1. The zero-order valence-corrected chi connectivity index (χ0v) is 20.3. The molecule has 0 amide bonds. The van der Waals surface area contributed by atoms with Crippen LogP contribution in [0.25, 0.3) is 0 Å². The topological polar surface area (TPSA) is 84.6 Å². The minimum Gasteiger partial charge on any atom is -0.382 e. The Labute approximate surface area is 186 Å².